The van der Waals surface area contributed by atoms with Crippen LogP contribution < -0.4 is 10.1 Å². The van der Waals surface area contributed by atoms with E-state index in [0.717, 1.165) is 16.6 Å². The fourth-order valence-electron chi connectivity index (χ4n) is 1.99. The zero-order valence-corrected chi connectivity index (χ0v) is 13.5. The third-order valence-corrected chi connectivity index (χ3v) is 3.58. The molecule has 0 saturated heterocycles. The molecule has 3 nitrogen and oxygen atoms in total. The van der Waals surface area contributed by atoms with Gasteiger partial charge in [0.05, 0.1) is 6.54 Å². The molecule has 0 fully saturated rings. The molecule has 1 N–H and O–H groups in total. The van der Waals surface area contributed by atoms with Gasteiger partial charge in [-0.2, -0.15) is 0 Å². The van der Waals surface area contributed by atoms with E-state index in [0.29, 0.717) is 18.7 Å². The number of hydrogen-bond donors (Lipinski definition) is 1. The lowest BCUT2D eigenvalue weighted by Crippen LogP contribution is -2.28. The lowest BCUT2D eigenvalue weighted by Gasteiger charge is -2.11. The summed E-state index contributed by atoms with van der Waals surface area (Å²) in [5.74, 6) is 0.792. The highest BCUT2D eigenvalue weighted by Crippen LogP contribution is 2.17. The summed E-state index contributed by atoms with van der Waals surface area (Å²) < 4.78 is 6.61. The number of hydrogen-bond acceptors (Lipinski definition) is 2. The van der Waals surface area contributed by atoms with Crippen molar-refractivity contribution in [2.45, 2.75) is 13.3 Å². The van der Waals surface area contributed by atoms with E-state index in [1.807, 2.05) is 30.3 Å². The Morgan fingerprint density at radius 2 is 2.00 bits per heavy atom. The second-order valence-corrected chi connectivity index (χ2v) is 5.49. The smallest absolute Gasteiger partial charge is 0.251 e. The molecule has 2 rings (SSSR count). The van der Waals surface area contributed by atoms with Crippen LogP contribution in [0.3, 0.4) is 0 Å². The van der Waals surface area contributed by atoms with Gasteiger partial charge in [0, 0.05) is 10.0 Å². The second kappa shape index (κ2) is 7.84. The quantitative estimate of drug-likeness (QED) is 0.806. The first kappa shape index (κ1) is 15.6. The van der Waals surface area contributed by atoms with Crippen LogP contribution in [-0.4, -0.2) is 19.1 Å². The number of aryl methyl sites for hydroxylation is 1. The van der Waals surface area contributed by atoms with Gasteiger partial charge >= 0.3 is 0 Å². The number of carbonyl (C=O) groups is 1. The molecule has 0 radical (unpaired) electrons. The number of carbonyl (C=O) groups excluding carboxylic acids is 1. The van der Waals surface area contributed by atoms with Gasteiger partial charge in [0.25, 0.3) is 5.91 Å². The van der Waals surface area contributed by atoms with E-state index >= 15 is 0 Å². The highest BCUT2D eigenvalue weighted by Gasteiger charge is 2.05. The minimum atomic E-state index is -0.0938. The average Bonchev–Trinajstić information content (AvgIpc) is 2.51. The molecule has 0 aromatic heterocycles. The van der Waals surface area contributed by atoms with Gasteiger partial charge in [0.15, 0.2) is 0 Å². The van der Waals surface area contributed by atoms with Crippen LogP contribution in [0.5, 0.6) is 5.75 Å². The average molecular weight is 348 g/mol. The minimum Gasteiger partial charge on any atom is -0.491 e. The summed E-state index contributed by atoms with van der Waals surface area (Å²) in [5, 5.41) is 2.85. The van der Waals surface area contributed by atoms with Gasteiger partial charge in [-0.05, 0) is 36.2 Å². The van der Waals surface area contributed by atoms with Crippen LogP contribution in [0, 0.1) is 0 Å². The van der Waals surface area contributed by atoms with Crippen molar-refractivity contribution in [1.82, 2.24) is 5.32 Å². The first-order valence-corrected chi connectivity index (χ1v) is 7.74. The molecule has 0 unspecified atom stereocenters. The Balaban J connectivity index is 1.81. The van der Waals surface area contributed by atoms with Gasteiger partial charge in [-0.1, -0.05) is 47.1 Å². The van der Waals surface area contributed by atoms with E-state index in [4.69, 9.17) is 4.74 Å². The minimum absolute atomic E-state index is 0.0938. The van der Waals surface area contributed by atoms with E-state index in [-0.39, 0.29) is 5.91 Å². The molecule has 110 valence electrons. The molecule has 2 aromatic rings. The Bertz CT molecular complexity index is 613. The van der Waals surface area contributed by atoms with E-state index < -0.39 is 0 Å². The standard InChI is InChI=1S/C17H18BrNO2/c1-2-13-6-3-4-9-16(13)21-11-10-19-17(20)14-7-5-8-15(18)12-14/h3-9,12H,2,10-11H2,1H3,(H,19,20). The summed E-state index contributed by atoms with van der Waals surface area (Å²) in [4.78, 5) is 11.9. The van der Waals surface area contributed by atoms with Crippen LogP contribution in [0.1, 0.15) is 22.8 Å². The maximum Gasteiger partial charge on any atom is 0.251 e. The largest absolute Gasteiger partial charge is 0.491 e. The van der Waals surface area contributed by atoms with Gasteiger partial charge in [0.2, 0.25) is 0 Å². The lowest BCUT2D eigenvalue weighted by atomic mass is 10.1. The summed E-state index contributed by atoms with van der Waals surface area (Å²) in [6, 6.07) is 15.3. The van der Waals surface area contributed by atoms with Gasteiger partial charge in [-0.25, -0.2) is 0 Å². The van der Waals surface area contributed by atoms with E-state index in [9.17, 15) is 4.79 Å². The third-order valence-electron chi connectivity index (χ3n) is 3.09. The normalized spacial score (nSPS) is 10.2. The molecule has 0 saturated carbocycles. The Morgan fingerprint density at radius 3 is 2.76 bits per heavy atom. The SMILES string of the molecule is CCc1ccccc1OCCNC(=O)c1cccc(Br)c1. The number of ether oxygens (including phenoxy) is 1. The lowest BCUT2D eigenvalue weighted by molar-refractivity contribution is 0.0947. The number of rotatable bonds is 6. The van der Waals surface area contributed by atoms with Crippen LogP contribution in [0.15, 0.2) is 53.0 Å². The van der Waals surface area contributed by atoms with Crippen molar-refractivity contribution >= 4 is 21.8 Å². The maximum atomic E-state index is 11.9. The highest BCUT2D eigenvalue weighted by atomic mass is 79.9. The molecule has 0 bridgehead atoms. The Kier molecular flexibility index (Phi) is 5.81. The molecule has 0 aliphatic rings. The van der Waals surface area contributed by atoms with Crippen molar-refractivity contribution in [3.63, 3.8) is 0 Å². The predicted molar refractivity (Wildman–Crippen MR) is 87.8 cm³/mol. The van der Waals surface area contributed by atoms with Crippen LogP contribution in [-0.2, 0) is 6.42 Å². The van der Waals surface area contributed by atoms with Crippen LogP contribution in [0.25, 0.3) is 0 Å². The van der Waals surface area contributed by atoms with E-state index in [1.165, 1.54) is 5.56 Å². The number of para-hydroxylation sites is 1. The molecule has 1 amide bonds. The van der Waals surface area contributed by atoms with Crippen molar-refractivity contribution in [3.8, 4) is 5.75 Å². The first-order chi connectivity index (χ1) is 10.2. The van der Waals surface area contributed by atoms with E-state index in [2.05, 4.69) is 34.2 Å². The molecule has 0 aliphatic carbocycles. The first-order valence-electron chi connectivity index (χ1n) is 6.95. The van der Waals surface area contributed by atoms with Crippen molar-refractivity contribution in [2.75, 3.05) is 13.2 Å². The van der Waals surface area contributed by atoms with Gasteiger partial charge < -0.3 is 10.1 Å². The molecule has 0 heterocycles. The molecular weight excluding hydrogens is 330 g/mol. The van der Waals surface area contributed by atoms with Crippen LogP contribution in [0.2, 0.25) is 0 Å². The maximum absolute atomic E-state index is 11.9. The molecule has 2 aromatic carbocycles. The van der Waals surface area contributed by atoms with Gasteiger partial charge in [-0.15, -0.1) is 0 Å². The molecule has 0 aliphatic heterocycles. The van der Waals surface area contributed by atoms with Crippen LogP contribution >= 0.6 is 15.9 Å². The number of nitrogens with one attached hydrogen (secondary N) is 1. The number of benzene rings is 2. The fraction of sp³-hybridized carbons (Fsp3) is 0.235. The monoisotopic (exact) mass is 347 g/mol. The summed E-state index contributed by atoms with van der Waals surface area (Å²) >= 11 is 3.35. The summed E-state index contributed by atoms with van der Waals surface area (Å²) in [5.41, 5.74) is 1.81. The Hall–Kier alpha value is -1.81. The fourth-order valence-corrected chi connectivity index (χ4v) is 2.39. The van der Waals surface area contributed by atoms with Crippen LogP contribution in [0.4, 0.5) is 0 Å². The zero-order chi connectivity index (χ0) is 15.1. The number of halogens is 1. The molecule has 4 heteroatoms. The Labute approximate surface area is 133 Å². The molecule has 21 heavy (non-hydrogen) atoms. The summed E-state index contributed by atoms with van der Waals surface area (Å²) in [6.07, 6.45) is 0.931. The van der Waals surface area contributed by atoms with Gasteiger partial charge in [0.1, 0.15) is 12.4 Å². The van der Waals surface area contributed by atoms with Gasteiger partial charge in [-0.3, -0.25) is 4.79 Å². The Morgan fingerprint density at radius 1 is 1.19 bits per heavy atom. The molecular formula is C17H18BrNO2. The molecule has 0 spiro atoms. The number of amides is 1. The van der Waals surface area contributed by atoms with Crippen molar-refractivity contribution in [1.29, 1.82) is 0 Å². The van der Waals surface area contributed by atoms with Crippen molar-refractivity contribution < 1.29 is 9.53 Å². The summed E-state index contributed by atoms with van der Waals surface area (Å²) in [7, 11) is 0. The summed E-state index contributed by atoms with van der Waals surface area (Å²) in [6.45, 7) is 3.03. The topological polar surface area (TPSA) is 38.3 Å². The molecule has 0 atom stereocenters. The zero-order valence-electron chi connectivity index (χ0n) is 11.9. The van der Waals surface area contributed by atoms with E-state index in [1.54, 1.807) is 12.1 Å². The van der Waals surface area contributed by atoms with Crippen molar-refractivity contribution in [2.24, 2.45) is 0 Å². The highest BCUT2D eigenvalue weighted by molar-refractivity contribution is 9.10. The van der Waals surface area contributed by atoms with Crippen molar-refractivity contribution in [3.05, 3.63) is 64.1 Å². The third kappa shape index (κ3) is 4.60. The second-order valence-electron chi connectivity index (χ2n) is 4.58. The predicted octanol–water partition coefficient (Wildman–Crippen LogP) is 3.82.